The Bertz CT molecular complexity index is 571. The number of aromatic nitrogens is 2. The summed E-state index contributed by atoms with van der Waals surface area (Å²) in [6.45, 7) is 5.02. The average molecular weight is 301 g/mol. The zero-order valence-corrected chi connectivity index (χ0v) is 12.1. The lowest BCUT2D eigenvalue weighted by Gasteiger charge is -2.10. The Morgan fingerprint density at radius 1 is 1.16 bits per heavy atom. The third kappa shape index (κ3) is 3.52. The minimum atomic E-state index is 0.459. The van der Waals surface area contributed by atoms with Gasteiger partial charge in [-0.05, 0) is 19.9 Å². The second-order valence-corrected chi connectivity index (χ2v) is 4.78. The fourth-order valence-electron chi connectivity index (χ4n) is 1.55. The lowest BCUT2D eigenvalue weighted by Crippen LogP contribution is -2.05. The highest BCUT2D eigenvalue weighted by Gasteiger charge is 2.09. The smallest absolute Gasteiger partial charge is 0.156 e. The van der Waals surface area contributed by atoms with Gasteiger partial charge in [0.25, 0.3) is 0 Å². The molecule has 2 rings (SSSR count). The van der Waals surface area contributed by atoms with Crippen LogP contribution in [0.3, 0.4) is 0 Å². The molecule has 0 radical (unpaired) electrons. The maximum atomic E-state index is 6.09. The Morgan fingerprint density at radius 3 is 2.42 bits per heavy atom. The maximum absolute atomic E-state index is 6.09. The van der Waals surface area contributed by atoms with Crippen LogP contribution in [0.4, 0.5) is 11.6 Å². The molecule has 0 aliphatic rings. The number of anilines is 2. The Balaban J connectivity index is 2.13. The van der Waals surface area contributed by atoms with Crippen LogP contribution in [0, 0.1) is 6.92 Å². The standard InChI is InChI=1S/C12H14Cl2N4O/c1-3-15-11-9(13)5-10(14)12(17-11)16-6-8-4-7(2)18-19-8/h4-5H,3,6H2,1-2H3,(H2,15,16,17). The summed E-state index contributed by atoms with van der Waals surface area (Å²) in [7, 11) is 0. The monoisotopic (exact) mass is 300 g/mol. The quantitative estimate of drug-likeness (QED) is 0.881. The highest BCUT2D eigenvalue weighted by atomic mass is 35.5. The molecule has 102 valence electrons. The SMILES string of the molecule is CCNc1nc(NCc2cc(C)no2)c(Cl)cc1Cl. The second kappa shape index (κ2) is 6.12. The highest BCUT2D eigenvalue weighted by molar-refractivity contribution is 6.37. The molecule has 2 aromatic rings. The summed E-state index contributed by atoms with van der Waals surface area (Å²) >= 11 is 12.1. The topological polar surface area (TPSA) is 63.0 Å². The third-order valence-electron chi connectivity index (χ3n) is 2.38. The van der Waals surface area contributed by atoms with Crippen LogP contribution in [0.5, 0.6) is 0 Å². The molecular weight excluding hydrogens is 287 g/mol. The molecule has 0 atom stereocenters. The van der Waals surface area contributed by atoms with Gasteiger partial charge >= 0.3 is 0 Å². The number of aryl methyl sites for hydroxylation is 1. The van der Waals surface area contributed by atoms with E-state index in [1.807, 2.05) is 19.9 Å². The number of halogens is 2. The number of hydrogen-bond donors (Lipinski definition) is 2. The normalized spacial score (nSPS) is 10.5. The number of hydrogen-bond acceptors (Lipinski definition) is 5. The predicted octanol–water partition coefficient (Wildman–Crippen LogP) is 3.73. The summed E-state index contributed by atoms with van der Waals surface area (Å²) < 4.78 is 5.10. The van der Waals surface area contributed by atoms with Gasteiger partial charge in [0.05, 0.1) is 22.3 Å². The summed E-state index contributed by atoms with van der Waals surface area (Å²) in [6.07, 6.45) is 0. The van der Waals surface area contributed by atoms with E-state index in [4.69, 9.17) is 27.7 Å². The highest BCUT2D eigenvalue weighted by Crippen LogP contribution is 2.29. The summed E-state index contributed by atoms with van der Waals surface area (Å²) in [5.74, 6) is 1.87. The van der Waals surface area contributed by atoms with Crippen LogP contribution in [0.1, 0.15) is 18.4 Å². The number of pyridine rings is 1. The first-order valence-electron chi connectivity index (χ1n) is 5.86. The van der Waals surface area contributed by atoms with E-state index < -0.39 is 0 Å². The predicted molar refractivity (Wildman–Crippen MR) is 77.0 cm³/mol. The van der Waals surface area contributed by atoms with Crippen molar-refractivity contribution in [1.82, 2.24) is 10.1 Å². The van der Waals surface area contributed by atoms with Crippen molar-refractivity contribution in [2.45, 2.75) is 20.4 Å². The lowest BCUT2D eigenvalue weighted by atomic mass is 10.3. The van der Waals surface area contributed by atoms with Crippen LogP contribution in [-0.2, 0) is 6.54 Å². The molecule has 0 bridgehead atoms. The minimum absolute atomic E-state index is 0.459. The molecule has 19 heavy (non-hydrogen) atoms. The molecule has 0 saturated heterocycles. The van der Waals surface area contributed by atoms with E-state index in [0.29, 0.717) is 28.2 Å². The van der Waals surface area contributed by atoms with Crippen molar-refractivity contribution in [3.05, 3.63) is 33.6 Å². The van der Waals surface area contributed by atoms with Crippen molar-refractivity contribution in [3.8, 4) is 0 Å². The Labute approximate surface area is 121 Å². The van der Waals surface area contributed by atoms with Crippen LogP contribution in [0.2, 0.25) is 10.0 Å². The first-order chi connectivity index (χ1) is 9.10. The van der Waals surface area contributed by atoms with Gasteiger partial charge in [0.2, 0.25) is 0 Å². The molecule has 7 heteroatoms. The molecule has 0 unspecified atom stereocenters. The van der Waals surface area contributed by atoms with E-state index in [1.54, 1.807) is 6.07 Å². The molecule has 5 nitrogen and oxygen atoms in total. The molecule has 0 aliphatic heterocycles. The van der Waals surface area contributed by atoms with Crippen molar-refractivity contribution in [2.75, 3.05) is 17.2 Å². The summed E-state index contributed by atoms with van der Waals surface area (Å²) in [5.41, 5.74) is 0.834. The number of nitrogens with one attached hydrogen (secondary N) is 2. The lowest BCUT2D eigenvalue weighted by molar-refractivity contribution is 0.384. The molecule has 2 heterocycles. The van der Waals surface area contributed by atoms with Gasteiger partial charge in [0, 0.05) is 12.6 Å². The molecule has 2 N–H and O–H groups in total. The summed E-state index contributed by atoms with van der Waals surface area (Å²) in [4.78, 5) is 4.34. The minimum Gasteiger partial charge on any atom is -0.369 e. The number of nitrogens with zero attached hydrogens (tertiary/aromatic N) is 2. The van der Waals surface area contributed by atoms with Crippen LogP contribution in [0.25, 0.3) is 0 Å². The third-order valence-corrected chi connectivity index (χ3v) is 2.96. The van der Waals surface area contributed by atoms with E-state index in [2.05, 4.69) is 20.8 Å². The van der Waals surface area contributed by atoms with Crippen LogP contribution >= 0.6 is 23.2 Å². The van der Waals surface area contributed by atoms with Crippen LogP contribution in [0.15, 0.2) is 16.7 Å². The van der Waals surface area contributed by atoms with Crippen molar-refractivity contribution >= 4 is 34.8 Å². The number of rotatable bonds is 5. The van der Waals surface area contributed by atoms with Gasteiger partial charge in [-0.3, -0.25) is 0 Å². The fourth-order valence-corrected chi connectivity index (χ4v) is 2.04. The van der Waals surface area contributed by atoms with Crippen molar-refractivity contribution in [1.29, 1.82) is 0 Å². The molecule has 0 saturated carbocycles. The van der Waals surface area contributed by atoms with Crippen molar-refractivity contribution in [2.24, 2.45) is 0 Å². The van der Waals surface area contributed by atoms with E-state index in [0.717, 1.165) is 18.0 Å². The fraction of sp³-hybridized carbons (Fsp3) is 0.333. The van der Waals surface area contributed by atoms with Gasteiger partial charge in [-0.1, -0.05) is 28.4 Å². The Morgan fingerprint density at radius 2 is 1.84 bits per heavy atom. The molecule has 0 aliphatic carbocycles. The first-order valence-corrected chi connectivity index (χ1v) is 6.61. The van der Waals surface area contributed by atoms with Crippen LogP contribution in [-0.4, -0.2) is 16.7 Å². The van der Waals surface area contributed by atoms with Crippen molar-refractivity contribution < 1.29 is 4.52 Å². The summed E-state index contributed by atoms with van der Waals surface area (Å²) in [6, 6.07) is 3.50. The van der Waals surface area contributed by atoms with Gasteiger partial charge in [0.15, 0.2) is 5.76 Å². The van der Waals surface area contributed by atoms with Crippen molar-refractivity contribution in [3.63, 3.8) is 0 Å². The van der Waals surface area contributed by atoms with E-state index >= 15 is 0 Å². The molecule has 0 spiro atoms. The van der Waals surface area contributed by atoms with Gasteiger partial charge < -0.3 is 15.2 Å². The molecule has 2 aromatic heterocycles. The molecule has 0 aromatic carbocycles. The summed E-state index contributed by atoms with van der Waals surface area (Å²) in [5, 5.41) is 10.9. The van der Waals surface area contributed by atoms with E-state index in [9.17, 15) is 0 Å². The molecular formula is C12H14Cl2N4O. The second-order valence-electron chi connectivity index (χ2n) is 3.97. The zero-order chi connectivity index (χ0) is 13.8. The van der Waals surface area contributed by atoms with Crippen LogP contribution < -0.4 is 10.6 Å². The van der Waals surface area contributed by atoms with Gasteiger partial charge in [-0.2, -0.15) is 0 Å². The van der Waals surface area contributed by atoms with E-state index in [-0.39, 0.29) is 0 Å². The van der Waals surface area contributed by atoms with Gasteiger partial charge in [-0.25, -0.2) is 4.98 Å². The Kier molecular flexibility index (Phi) is 4.50. The van der Waals surface area contributed by atoms with E-state index in [1.165, 1.54) is 0 Å². The zero-order valence-electron chi connectivity index (χ0n) is 10.6. The first kappa shape index (κ1) is 14.0. The molecule has 0 amide bonds. The maximum Gasteiger partial charge on any atom is 0.156 e. The Hall–Kier alpha value is -1.46. The van der Waals surface area contributed by atoms with Gasteiger partial charge in [0.1, 0.15) is 11.6 Å². The van der Waals surface area contributed by atoms with Gasteiger partial charge in [-0.15, -0.1) is 0 Å². The largest absolute Gasteiger partial charge is 0.369 e. The molecule has 0 fully saturated rings. The average Bonchev–Trinajstić information content (AvgIpc) is 2.77.